The first kappa shape index (κ1) is 36.5. The maximum atomic E-state index is 13.0. The third kappa shape index (κ3) is 13.6. The molecule has 0 heterocycles. The summed E-state index contributed by atoms with van der Waals surface area (Å²) in [5.74, 6) is 0.552. The lowest BCUT2D eigenvalue weighted by Gasteiger charge is -2.23. The second-order valence-corrected chi connectivity index (χ2v) is 11.8. The van der Waals surface area contributed by atoms with Crippen molar-refractivity contribution in [1.29, 1.82) is 0 Å². The van der Waals surface area contributed by atoms with Gasteiger partial charge in [-0.1, -0.05) is 36.8 Å². The molecule has 0 spiro atoms. The van der Waals surface area contributed by atoms with Crippen molar-refractivity contribution in [3.05, 3.63) is 83.9 Å². The Bertz CT molecular complexity index is 1370. The monoisotopic (exact) mass is 670 g/mol. The van der Waals surface area contributed by atoms with Crippen LogP contribution in [0.25, 0.3) is 0 Å². The van der Waals surface area contributed by atoms with Crippen molar-refractivity contribution in [2.75, 3.05) is 41.6 Å². The molecule has 0 bridgehead atoms. The zero-order chi connectivity index (χ0) is 33.1. The number of halogens is 2. The molecule has 0 radical (unpaired) electrons. The van der Waals surface area contributed by atoms with Gasteiger partial charge in [0.15, 0.2) is 0 Å². The van der Waals surface area contributed by atoms with Crippen LogP contribution in [0.5, 0.6) is 11.5 Å². The van der Waals surface area contributed by atoms with Crippen LogP contribution in [0.1, 0.15) is 49.7 Å². The summed E-state index contributed by atoms with van der Waals surface area (Å²) < 4.78 is 0. The molecular weight excluding hydrogens is 627 g/mol. The molecule has 0 aliphatic carbocycles. The molecule has 1 atom stereocenters. The lowest BCUT2D eigenvalue weighted by Crippen LogP contribution is -2.45. The quantitative estimate of drug-likeness (QED) is 0.0769. The topological polar surface area (TPSA) is 131 Å². The van der Waals surface area contributed by atoms with E-state index in [4.69, 9.17) is 23.2 Å². The van der Waals surface area contributed by atoms with E-state index in [1.54, 1.807) is 24.3 Å². The number of nitrogens with one attached hydrogen (secondary N) is 3. The molecule has 0 unspecified atom stereocenters. The first-order valence-corrected chi connectivity index (χ1v) is 16.7. The van der Waals surface area contributed by atoms with Crippen molar-refractivity contribution < 1.29 is 24.6 Å². The van der Waals surface area contributed by atoms with E-state index in [0.717, 1.165) is 50.0 Å². The Labute approximate surface area is 281 Å². The number of phenols is 2. The number of amides is 3. The number of benzene rings is 3. The van der Waals surface area contributed by atoms with Gasteiger partial charge >= 0.3 is 0 Å². The maximum Gasteiger partial charge on any atom is 0.247 e. The molecule has 0 saturated heterocycles. The van der Waals surface area contributed by atoms with Crippen LogP contribution in [0.15, 0.2) is 72.8 Å². The third-order valence-corrected chi connectivity index (χ3v) is 7.76. The summed E-state index contributed by atoms with van der Waals surface area (Å²) in [6.45, 7) is 2.03. The summed E-state index contributed by atoms with van der Waals surface area (Å²) in [5, 5.41) is 27.8. The predicted octanol–water partition coefficient (Wildman–Crippen LogP) is 5.75. The molecule has 0 saturated carbocycles. The van der Waals surface area contributed by atoms with Crippen LogP contribution >= 0.6 is 23.2 Å². The van der Waals surface area contributed by atoms with Crippen molar-refractivity contribution in [2.24, 2.45) is 0 Å². The molecule has 0 aromatic heterocycles. The number of carbonyl (C=O) groups excluding carboxylic acids is 3. The Balaban J connectivity index is 1.34. The largest absolute Gasteiger partial charge is 0.508 e. The molecule has 11 heteroatoms. The summed E-state index contributed by atoms with van der Waals surface area (Å²) in [4.78, 5) is 40.2. The van der Waals surface area contributed by atoms with E-state index >= 15 is 0 Å². The molecule has 5 N–H and O–H groups in total. The minimum absolute atomic E-state index is 0.0135. The van der Waals surface area contributed by atoms with E-state index in [2.05, 4.69) is 45.1 Å². The first-order chi connectivity index (χ1) is 22.3. The van der Waals surface area contributed by atoms with Crippen LogP contribution in [-0.4, -0.2) is 65.4 Å². The van der Waals surface area contributed by atoms with E-state index in [1.807, 2.05) is 0 Å². The minimum Gasteiger partial charge on any atom is -0.508 e. The molecule has 3 aromatic carbocycles. The average Bonchev–Trinajstić information content (AvgIpc) is 3.03. The zero-order valence-corrected chi connectivity index (χ0v) is 27.5. The number of alkyl halides is 2. The maximum absolute atomic E-state index is 13.0. The summed E-state index contributed by atoms with van der Waals surface area (Å²) >= 11 is 11.8. The highest BCUT2D eigenvalue weighted by Gasteiger charge is 2.21. The van der Waals surface area contributed by atoms with E-state index in [9.17, 15) is 24.6 Å². The molecule has 9 nitrogen and oxygen atoms in total. The van der Waals surface area contributed by atoms with Gasteiger partial charge in [0.2, 0.25) is 17.7 Å². The van der Waals surface area contributed by atoms with Crippen molar-refractivity contribution in [1.82, 2.24) is 10.6 Å². The molecular formula is C35H44Cl2N4O5. The van der Waals surface area contributed by atoms with Gasteiger partial charge in [-0.3, -0.25) is 14.4 Å². The molecule has 0 aliphatic heterocycles. The normalized spacial score (nSPS) is 11.4. The average molecular weight is 672 g/mol. The zero-order valence-electron chi connectivity index (χ0n) is 26.0. The van der Waals surface area contributed by atoms with Crippen LogP contribution in [0.4, 0.5) is 11.4 Å². The van der Waals surface area contributed by atoms with Crippen LogP contribution in [0, 0.1) is 0 Å². The van der Waals surface area contributed by atoms with Gasteiger partial charge in [0, 0.05) is 68.1 Å². The SMILES string of the molecule is O=C(CCCc1ccc(N(CCCl)CCCl)cc1)NCCCCCC(=O)N[C@@H](Cc1ccc(O)cc1)C(=O)Nc1cccc(O)c1. The van der Waals surface area contributed by atoms with Crippen molar-refractivity contribution in [3.8, 4) is 11.5 Å². The van der Waals surface area contributed by atoms with E-state index in [0.29, 0.717) is 36.8 Å². The van der Waals surface area contributed by atoms with Crippen LogP contribution in [0.3, 0.4) is 0 Å². The fourth-order valence-corrected chi connectivity index (χ4v) is 5.37. The van der Waals surface area contributed by atoms with Crippen molar-refractivity contribution >= 4 is 52.3 Å². The van der Waals surface area contributed by atoms with E-state index in [1.165, 1.54) is 29.8 Å². The van der Waals surface area contributed by atoms with Gasteiger partial charge in [0.25, 0.3) is 0 Å². The number of aryl methyl sites for hydroxylation is 1. The van der Waals surface area contributed by atoms with Gasteiger partial charge in [-0.05, 0) is 73.2 Å². The number of hydrogen-bond donors (Lipinski definition) is 5. The van der Waals surface area contributed by atoms with Crippen LogP contribution in [0.2, 0.25) is 0 Å². The Morgan fingerprint density at radius 3 is 2.09 bits per heavy atom. The second-order valence-electron chi connectivity index (χ2n) is 11.1. The first-order valence-electron chi connectivity index (χ1n) is 15.7. The van der Waals surface area contributed by atoms with Gasteiger partial charge in [0.1, 0.15) is 17.5 Å². The standard InChI is InChI=1S/C35H44Cl2N4O5/c36-19-22-41(23-20-37)29-15-11-26(12-16-29)6-4-10-33(44)38-21-3-1-2-9-34(45)40-32(24-27-13-17-30(42)18-14-27)35(46)39-28-7-5-8-31(43)25-28/h5,7-8,11-18,25,32,42-43H,1-4,6,9-10,19-24H2,(H,38,44)(H,39,46)(H,40,45)/t32-/m0/s1. The fraction of sp³-hybridized carbons (Fsp3) is 0.400. The Hall–Kier alpha value is -3.95. The van der Waals surface area contributed by atoms with Crippen LogP contribution in [-0.2, 0) is 27.2 Å². The van der Waals surface area contributed by atoms with Gasteiger partial charge in [0.05, 0.1) is 0 Å². The van der Waals surface area contributed by atoms with Gasteiger partial charge in [-0.15, -0.1) is 23.2 Å². The number of hydrogen-bond acceptors (Lipinski definition) is 6. The number of aromatic hydroxyl groups is 2. The van der Waals surface area contributed by atoms with Crippen molar-refractivity contribution in [3.63, 3.8) is 0 Å². The summed E-state index contributed by atoms with van der Waals surface area (Å²) in [5.41, 5.74) is 3.45. The molecule has 0 aliphatic rings. The number of phenolic OH excluding ortho intramolecular Hbond substituents is 2. The smallest absolute Gasteiger partial charge is 0.247 e. The molecule has 0 fully saturated rings. The Morgan fingerprint density at radius 2 is 1.41 bits per heavy atom. The highest BCUT2D eigenvalue weighted by atomic mass is 35.5. The lowest BCUT2D eigenvalue weighted by molar-refractivity contribution is -0.126. The number of nitrogens with zero attached hydrogens (tertiary/aromatic N) is 1. The van der Waals surface area contributed by atoms with Crippen LogP contribution < -0.4 is 20.9 Å². The summed E-state index contributed by atoms with van der Waals surface area (Å²) in [7, 11) is 0. The Morgan fingerprint density at radius 1 is 0.739 bits per heavy atom. The molecule has 3 aromatic rings. The lowest BCUT2D eigenvalue weighted by atomic mass is 10.0. The predicted molar refractivity (Wildman–Crippen MR) is 185 cm³/mol. The molecule has 3 rings (SSSR count). The minimum atomic E-state index is -0.849. The molecule has 3 amide bonds. The number of unbranched alkanes of at least 4 members (excludes halogenated alkanes) is 2. The van der Waals surface area contributed by atoms with E-state index < -0.39 is 11.9 Å². The van der Waals surface area contributed by atoms with E-state index in [-0.39, 0.29) is 36.2 Å². The number of carbonyl (C=O) groups is 3. The number of anilines is 2. The Kier molecular flexibility index (Phi) is 16.1. The summed E-state index contributed by atoms with van der Waals surface area (Å²) in [6.07, 6.45) is 4.60. The fourth-order valence-electron chi connectivity index (χ4n) is 4.96. The third-order valence-electron chi connectivity index (χ3n) is 7.42. The van der Waals surface area contributed by atoms with Gasteiger partial charge in [-0.2, -0.15) is 0 Å². The second kappa shape index (κ2) is 20.2. The highest BCUT2D eigenvalue weighted by molar-refractivity contribution is 6.18. The van der Waals surface area contributed by atoms with Crippen molar-refractivity contribution in [2.45, 2.75) is 57.4 Å². The highest BCUT2D eigenvalue weighted by Crippen LogP contribution is 2.18. The number of rotatable bonds is 20. The summed E-state index contributed by atoms with van der Waals surface area (Å²) in [6, 6.07) is 20.1. The molecule has 46 heavy (non-hydrogen) atoms. The molecule has 248 valence electrons. The van der Waals surface area contributed by atoms with Gasteiger partial charge in [-0.25, -0.2) is 0 Å². The van der Waals surface area contributed by atoms with Gasteiger partial charge < -0.3 is 31.1 Å².